The zero-order valence-electron chi connectivity index (χ0n) is 9.01. The van der Waals surface area contributed by atoms with Crippen molar-refractivity contribution in [3.05, 3.63) is 42.0 Å². The average molecular weight is 185 g/mol. The van der Waals surface area contributed by atoms with Gasteiger partial charge in [0.1, 0.15) is 0 Å². The quantitative estimate of drug-likeness (QED) is 0.618. The second kappa shape index (κ2) is 3.61. The molecule has 0 aromatic heterocycles. The van der Waals surface area contributed by atoms with E-state index in [1.807, 2.05) is 6.07 Å². The number of hydrogen-bond donors (Lipinski definition) is 0. The molecule has 0 N–H and O–H groups in total. The molecule has 14 heavy (non-hydrogen) atoms. The third kappa shape index (κ3) is 2.06. The van der Waals surface area contributed by atoms with E-state index in [2.05, 4.69) is 44.2 Å². The molecule has 0 saturated carbocycles. The average Bonchev–Trinajstić information content (AvgIpc) is 2.19. The number of benzene rings is 1. The molecule has 0 atom stereocenters. The lowest BCUT2D eigenvalue weighted by Gasteiger charge is -2.28. The van der Waals surface area contributed by atoms with Crippen LogP contribution in [0.25, 0.3) is 5.57 Å². The van der Waals surface area contributed by atoms with Crippen molar-refractivity contribution in [1.82, 2.24) is 0 Å². The summed E-state index contributed by atoms with van der Waals surface area (Å²) in [5.41, 5.74) is 3.35. The molecule has 0 heteroatoms. The number of rotatable bonds is 1. The Hall–Kier alpha value is -1.04. The lowest BCUT2D eigenvalue weighted by Crippen LogP contribution is -2.13. The number of hydrogen-bond acceptors (Lipinski definition) is 0. The third-order valence-electron chi connectivity index (χ3n) is 3.05. The molecule has 2 rings (SSSR count). The van der Waals surface area contributed by atoms with Crippen molar-refractivity contribution in [2.75, 3.05) is 0 Å². The van der Waals surface area contributed by atoms with Gasteiger partial charge in [-0.15, -0.1) is 0 Å². The summed E-state index contributed by atoms with van der Waals surface area (Å²) in [6, 6.07) is 11.4. The molecule has 0 aliphatic heterocycles. The highest BCUT2D eigenvalue weighted by Gasteiger charge is 2.21. The van der Waals surface area contributed by atoms with Gasteiger partial charge in [-0.2, -0.15) is 0 Å². The van der Waals surface area contributed by atoms with E-state index in [0.29, 0.717) is 5.41 Å². The predicted molar refractivity (Wildman–Crippen MR) is 60.9 cm³/mol. The van der Waals surface area contributed by atoms with Crippen molar-refractivity contribution < 1.29 is 0 Å². The predicted octanol–water partition coefficient (Wildman–Crippen LogP) is 4.08. The Morgan fingerprint density at radius 2 is 2.21 bits per heavy atom. The molecule has 73 valence electrons. The van der Waals surface area contributed by atoms with Gasteiger partial charge >= 0.3 is 0 Å². The fourth-order valence-corrected chi connectivity index (χ4v) is 1.93. The standard InChI is InChI=1S/C14H17/c1-14(2)10-8-13(9-11-14)12-6-4-3-5-7-12/h3-4,6-8H,9-11H2,1-2H3. The van der Waals surface area contributed by atoms with E-state index in [9.17, 15) is 0 Å². The Labute approximate surface area is 86.7 Å². The summed E-state index contributed by atoms with van der Waals surface area (Å²) in [4.78, 5) is 0. The van der Waals surface area contributed by atoms with Gasteiger partial charge < -0.3 is 0 Å². The molecule has 0 unspecified atom stereocenters. The lowest BCUT2D eigenvalue weighted by molar-refractivity contribution is 0.335. The Morgan fingerprint density at radius 1 is 1.36 bits per heavy atom. The van der Waals surface area contributed by atoms with E-state index in [-0.39, 0.29) is 0 Å². The van der Waals surface area contributed by atoms with Gasteiger partial charge in [-0.05, 0) is 47.9 Å². The minimum atomic E-state index is 0.502. The highest BCUT2D eigenvalue weighted by molar-refractivity contribution is 5.66. The van der Waals surface area contributed by atoms with Crippen LogP contribution in [0.4, 0.5) is 0 Å². The third-order valence-corrected chi connectivity index (χ3v) is 3.05. The normalized spacial score (nSPS) is 20.3. The summed E-state index contributed by atoms with van der Waals surface area (Å²) in [6.07, 6.45) is 6.11. The molecule has 1 aromatic rings. The molecule has 0 bridgehead atoms. The van der Waals surface area contributed by atoms with Crippen molar-refractivity contribution in [2.45, 2.75) is 33.1 Å². The van der Waals surface area contributed by atoms with Gasteiger partial charge in [0.2, 0.25) is 0 Å². The maximum Gasteiger partial charge on any atom is -0.0178 e. The molecule has 1 radical (unpaired) electrons. The summed E-state index contributed by atoms with van der Waals surface area (Å²) in [5.74, 6) is 0. The molecule has 0 heterocycles. The minimum absolute atomic E-state index is 0.502. The first-order chi connectivity index (χ1) is 6.67. The lowest BCUT2D eigenvalue weighted by atomic mass is 9.77. The Kier molecular flexibility index (Phi) is 2.45. The van der Waals surface area contributed by atoms with Gasteiger partial charge in [0, 0.05) is 0 Å². The van der Waals surface area contributed by atoms with Crippen LogP contribution in [-0.4, -0.2) is 0 Å². The van der Waals surface area contributed by atoms with Gasteiger partial charge in [0.05, 0.1) is 0 Å². The van der Waals surface area contributed by atoms with Crippen LogP contribution in [0.5, 0.6) is 0 Å². The van der Waals surface area contributed by atoms with Gasteiger partial charge in [-0.1, -0.05) is 38.1 Å². The van der Waals surface area contributed by atoms with Crippen LogP contribution in [0.15, 0.2) is 30.3 Å². The van der Waals surface area contributed by atoms with Crippen LogP contribution in [0.3, 0.4) is 0 Å². The first-order valence-electron chi connectivity index (χ1n) is 5.33. The largest absolute Gasteiger partial charge is 0.0802 e. The smallest absolute Gasteiger partial charge is 0.0178 e. The topological polar surface area (TPSA) is 0 Å². The summed E-state index contributed by atoms with van der Waals surface area (Å²) in [7, 11) is 0. The maximum absolute atomic E-state index is 3.14. The Balaban J connectivity index is 2.19. The van der Waals surface area contributed by atoms with E-state index in [1.165, 1.54) is 30.4 Å². The van der Waals surface area contributed by atoms with Crippen molar-refractivity contribution in [2.24, 2.45) is 5.41 Å². The highest BCUT2D eigenvalue weighted by atomic mass is 14.3. The van der Waals surface area contributed by atoms with E-state index in [0.717, 1.165) is 0 Å². The molecule has 0 saturated heterocycles. The number of allylic oxidation sites excluding steroid dienone is 2. The minimum Gasteiger partial charge on any atom is -0.0802 e. The monoisotopic (exact) mass is 185 g/mol. The highest BCUT2D eigenvalue weighted by Crippen LogP contribution is 2.37. The summed E-state index contributed by atoms with van der Waals surface area (Å²) < 4.78 is 0. The fourth-order valence-electron chi connectivity index (χ4n) is 1.93. The van der Waals surface area contributed by atoms with Crippen molar-refractivity contribution >= 4 is 5.57 Å². The van der Waals surface area contributed by atoms with Gasteiger partial charge in [-0.25, -0.2) is 0 Å². The van der Waals surface area contributed by atoms with E-state index in [4.69, 9.17) is 0 Å². The Bertz CT molecular complexity index is 330. The fraction of sp³-hybridized carbons (Fsp3) is 0.429. The van der Waals surface area contributed by atoms with Crippen LogP contribution < -0.4 is 0 Å². The molecule has 1 aromatic carbocycles. The van der Waals surface area contributed by atoms with Crippen LogP contribution in [0.1, 0.15) is 38.7 Å². The maximum atomic E-state index is 3.14. The second-order valence-electron chi connectivity index (χ2n) is 4.89. The van der Waals surface area contributed by atoms with E-state index < -0.39 is 0 Å². The molecule has 1 aliphatic rings. The van der Waals surface area contributed by atoms with Crippen LogP contribution in [0.2, 0.25) is 0 Å². The van der Waals surface area contributed by atoms with E-state index in [1.54, 1.807) is 0 Å². The van der Waals surface area contributed by atoms with Crippen LogP contribution in [0, 0.1) is 11.5 Å². The zero-order chi connectivity index (χ0) is 10.0. The molecule has 0 nitrogen and oxygen atoms in total. The first-order valence-corrected chi connectivity index (χ1v) is 5.33. The van der Waals surface area contributed by atoms with Crippen LogP contribution >= 0.6 is 0 Å². The molecule has 0 spiro atoms. The van der Waals surface area contributed by atoms with Gasteiger partial charge in [0.25, 0.3) is 0 Å². The molecular weight excluding hydrogens is 168 g/mol. The Morgan fingerprint density at radius 3 is 2.79 bits per heavy atom. The van der Waals surface area contributed by atoms with Crippen molar-refractivity contribution in [1.29, 1.82) is 0 Å². The summed E-state index contributed by atoms with van der Waals surface area (Å²) >= 11 is 0. The second-order valence-corrected chi connectivity index (χ2v) is 4.89. The van der Waals surface area contributed by atoms with Crippen molar-refractivity contribution in [3.8, 4) is 0 Å². The first kappa shape index (κ1) is 9.51. The molecule has 0 fully saturated rings. The van der Waals surface area contributed by atoms with Gasteiger partial charge in [-0.3, -0.25) is 0 Å². The zero-order valence-corrected chi connectivity index (χ0v) is 9.01. The van der Waals surface area contributed by atoms with Gasteiger partial charge in [0.15, 0.2) is 0 Å². The molecule has 1 aliphatic carbocycles. The molecule has 0 amide bonds. The van der Waals surface area contributed by atoms with E-state index >= 15 is 0 Å². The van der Waals surface area contributed by atoms with Crippen molar-refractivity contribution in [3.63, 3.8) is 0 Å². The SMILES string of the molecule is CC1(C)CC=C(c2c[c]ccc2)CC1. The summed E-state index contributed by atoms with van der Waals surface area (Å²) in [6.45, 7) is 4.69. The molecular formula is C14H17. The van der Waals surface area contributed by atoms with Crippen LogP contribution in [-0.2, 0) is 0 Å². The summed E-state index contributed by atoms with van der Waals surface area (Å²) in [5, 5.41) is 0.